The summed E-state index contributed by atoms with van der Waals surface area (Å²) < 4.78 is 21.9. The Morgan fingerprint density at radius 2 is 1.56 bits per heavy atom. The van der Waals surface area contributed by atoms with Gasteiger partial charge in [0.25, 0.3) is 0 Å². The molecule has 0 aliphatic rings. The van der Waals surface area contributed by atoms with Crippen molar-refractivity contribution in [1.29, 1.82) is 0 Å². The lowest BCUT2D eigenvalue weighted by Crippen LogP contribution is -2.26. The number of carbonyl (C=O) groups excluding carboxylic acids is 1. The van der Waals surface area contributed by atoms with Gasteiger partial charge in [-0.05, 0) is 62.9 Å². The molecule has 0 saturated carbocycles. The highest BCUT2D eigenvalue weighted by atomic mass is 16.5. The standard InChI is InChI=1S/C32H43NO6/c1-5-32(2,3)31(35)38-21-14-12-10-8-6-7-9-11-13-20-37-28-19-18-25-23-27(30(34)39-29(25)33-28)24-16-15-17-26(22-24)36-4/h15-19,22-23H,5-14,20-21H2,1-4H3. The van der Waals surface area contributed by atoms with Crippen molar-refractivity contribution in [1.82, 2.24) is 4.98 Å². The van der Waals surface area contributed by atoms with Crippen molar-refractivity contribution in [3.05, 3.63) is 52.9 Å². The van der Waals surface area contributed by atoms with E-state index in [1.54, 1.807) is 19.2 Å². The largest absolute Gasteiger partial charge is 0.497 e. The van der Waals surface area contributed by atoms with Crippen LogP contribution in [0.4, 0.5) is 0 Å². The maximum Gasteiger partial charge on any atom is 0.345 e. The lowest BCUT2D eigenvalue weighted by Gasteiger charge is -2.20. The van der Waals surface area contributed by atoms with Crippen molar-refractivity contribution in [2.45, 2.75) is 85.0 Å². The number of hydrogen-bond acceptors (Lipinski definition) is 7. The predicted molar refractivity (Wildman–Crippen MR) is 154 cm³/mol. The van der Waals surface area contributed by atoms with Gasteiger partial charge in [0.05, 0.1) is 31.3 Å². The fourth-order valence-electron chi connectivity index (χ4n) is 4.18. The number of esters is 1. The molecule has 39 heavy (non-hydrogen) atoms. The van der Waals surface area contributed by atoms with Crippen LogP contribution in [0.3, 0.4) is 0 Å². The van der Waals surface area contributed by atoms with Crippen LogP contribution in [0.15, 0.2) is 51.7 Å². The van der Waals surface area contributed by atoms with Crippen LogP contribution < -0.4 is 15.1 Å². The first kappa shape index (κ1) is 30.2. The number of ether oxygens (including phenoxy) is 3. The molecule has 0 spiro atoms. The van der Waals surface area contributed by atoms with Crippen LogP contribution in [0, 0.1) is 5.41 Å². The van der Waals surface area contributed by atoms with Crippen LogP contribution in [0.5, 0.6) is 11.6 Å². The Hall–Kier alpha value is -3.35. The van der Waals surface area contributed by atoms with Gasteiger partial charge in [-0.1, -0.05) is 64.0 Å². The Bertz CT molecular complexity index is 1250. The Morgan fingerprint density at radius 3 is 2.23 bits per heavy atom. The van der Waals surface area contributed by atoms with E-state index in [9.17, 15) is 9.59 Å². The molecule has 0 N–H and O–H groups in total. The molecule has 1 aromatic carbocycles. The Morgan fingerprint density at radius 1 is 0.897 bits per heavy atom. The molecule has 0 aliphatic heterocycles. The Kier molecular flexibility index (Phi) is 11.8. The molecular weight excluding hydrogens is 494 g/mol. The zero-order valence-corrected chi connectivity index (χ0v) is 23.9. The van der Waals surface area contributed by atoms with Gasteiger partial charge in [0.15, 0.2) is 0 Å². The summed E-state index contributed by atoms with van der Waals surface area (Å²) in [5, 5.41) is 0.737. The zero-order chi connectivity index (χ0) is 28.1. The summed E-state index contributed by atoms with van der Waals surface area (Å²) in [6.07, 6.45) is 10.9. The van der Waals surface area contributed by atoms with Gasteiger partial charge in [0.1, 0.15) is 5.75 Å². The van der Waals surface area contributed by atoms with E-state index in [1.165, 1.54) is 32.1 Å². The number of rotatable bonds is 17. The minimum Gasteiger partial charge on any atom is -0.497 e. The van der Waals surface area contributed by atoms with Crippen LogP contribution in [0.2, 0.25) is 0 Å². The van der Waals surface area contributed by atoms with Gasteiger partial charge in [-0.15, -0.1) is 0 Å². The molecular formula is C32H43NO6. The van der Waals surface area contributed by atoms with Crippen molar-refractivity contribution < 1.29 is 23.4 Å². The summed E-state index contributed by atoms with van der Waals surface area (Å²) in [6, 6.07) is 12.8. The van der Waals surface area contributed by atoms with E-state index >= 15 is 0 Å². The monoisotopic (exact) mass is 537 g/mol. The van der Waals surface area contributed by atoms with Gasteiger partial charge in [0.2, 0.25) is 11.6 Å². The van der Waals surface area contributed by atoms with Crippen molar-refractivity contribution in [2.24, 2.45) is 5.41 Å². The molecule has 7 nitrogen and oxygen atoms in total. The Balaban J connectivity index is 1.28. The molecule has 2 heterocycles. The first-order valence-corrected chi connectivity index (χ1v) is 14.2. The molecule has 2 aromatic heterocycles. The van der Waals surface area contributed by atoms with E-state index < -0.39 is 5.63 Å². The molecule has 3 rings (SSSR count). The number of hydrogen-bond donors (Lipinski definition) is 0. The number of aromatic nitrogens is 1. The highest BCUT2D eigenvalue weighted by molar-refractivity contribution is 5.79. The molecule has 0 aliphatic carbocycles. The Labute approximate surface area is 231 Å². The number of methoxy groups -OCH3 is 1. The maximum atomic E-state index is 12.6. The normalized spacial score (nSPS) is 11.5. The molecule has 7 heteroatoms. The van der Waals surface area contributed by atoms with Gasteiger partial charge >= 0.3 is 11.6 Å². The predicted octanol–water partition coefficient (Wildman–Crippen LogP) is 7.73. The first-order valence-electron chi connectivity index (χ1n) is 14.2. The molecule has 0 atom stereocenters. The molecule has 3 aromatic rings. The number of pyridine rings is 1. The SMILES string of the molecule is CCC(C)(C)C(=O)OCCCCCCCCCCCOc1ccc2cc(-c3cccc(OC)c3)c(=O)oc2n1. The van der Waals surface area contributed by atoms with Gasteiger partial charge in [-0.3, -0.25) is 4.79 Å². The van der Waals surface area contributed by atoms with Crippen LogP contribution in [-0.2, 0) is 9.53 Å². The second-order valence-corrected chi connectivity index (χ2v) is 10.6. The zero-order valence-electron chi connectivity index (χ0n) is 23.9. The molecule has 0 amide bonds. The summed E-state index contributed by atoms with van der Waals surface area (Å²) in [7, 11) is 1.59. The van der Waals surface area contributed by atoms with E-state index in [2.05, 4.69) is 4.98 Å². The highest BCUT2D eigenvalue weighted by Crippen LogP contribution is 2.25. The quantitative estimate of drug-likeness (QED) is 0.129. The summed E-state index contributed by atoms with van der Waals surface area (Å²) in [5.74, 6) is 1.05. The molecule has 0 saturated heterocycles. The van der Waals surface area contributed by atoms with Crippen molar-refractivity contribution >= 4 is 17.1 Å². The fraction of sp³-hybridized carbons (Fsp3) is 0.531. The maximum absolute atomic E-state index is 12.6. The molecule has 212 valence electrons. The van der Waals surface area contributed by atoms with Gasteiger partial charge in [0, 0.05) is 11.5 Å². The minimum absolute atomic E-state index is 0.0870. The van der Waals surface area contributed by atoms with E-state index in [-0.39, 0.29) is 17.1 Å². The molecule has 0 fully saturated rings. The van der Waals surface area contributed by atoms with Crippen LogP contribution in [-0.4, -0.2) is 31.3 Å². The van der Waals surface area contributed by atoms with Crippen LogP contribution >= 0.6 is 0 Å². The lowest BCUT2D eigenvalue weighted by molar-refractivity contribution is -0.154. The minimum atomic E-state index is -0.445. The van der Waals surface area contributed by atoms with E-state index in [0.717, 1.165) is 43.1 Å². The van der Waals surface area contributed by atoms with Crippen LogP contribution in [0.25, 0.3) is 22.2 Å². The number of benzene rings is 1. The van der Waals surface area contributed by atoms with Gasteiger partial charge < -0.3 is 18.6 Å². The first-order chi connectivity index (χ1) is 18.8. The summed E-state index contributed by atoms with van der Waals surface area (Å²) in [4.78, 5) is 28.9. The van der Waals surface area contributed by atoms with Gasteiger partial charge in [-0.2, -0.15) is 4.98 Å². The number of unbranched alkanes of at least 4 members (excludes halogenated alkanes) is 8. The molecule has 0 bridgehead atoms. The summed E-state index contributed by atoms with van der Waals surface area (Å²) in [5.41, 5.74) is 0.651. The third-order valence-corrected chi connectivity index (χ3v) is 7.16. The van der Waals surface area contributed by atoms with E-state index in [0.29, 0.717) is 30.4 Å². The van der Waals surface area contributed by atoms with Crippen molar-refractivity contribution in [3.63, 3.8) is 0 Å². The van der Waals surface area contributed by atoms with Crippen molar-refractivity contribution in [3.8, 4) is 22.8 Å². The third-order valence-electron chi connectivity index (χ3n) is 7.16. The molecule has 0 unspecified atom stereocenters. The summed E-state index contributed by atoms with van der Waals surface area (Å²) >= 11 is 0. The second kappa shape index (κ2) is 15.3. The summed E-state index contributed by atoms with van der Waals surface area (Å²) in [6.45, 7) is 6.99. The van der Waals surface area contributed by atoms with E-state index in [4.69, 9.17) is 18.6 Å². The third kappa shape index (κ3) is 9.41. The van der Waals surface area contributed by atoms with Crippen molar-refractivity contribution in [2.75, 3.05) is 20.3 Å². The highest BCUT2D eigenvalue weighted by Gasteiger charge is 2.26. The lowest BCUT2D eigenvalue weighted by atomic mass is 9.91. The van der Waals surface area contributed by atoms with Gasteiger partial charge in [-0.25, -0.2) is 4.79 Å². The smallest absolute Gasteiger partial charge is 0.345 e. The van der Waals surface area contributed by atoms with E-state index in [1.807, 2.05) is 51.1 Å². The number of fused-ring (bicyclic) bond motifs is 1. The van der Waals surface area contributed by atoms with Crippen LogP contribution in [0.1, 0.15) is 85.0 Å². The fourth-order valence-corrected chi connectivity index (χ4v) is 4.18. The average molecular weight is 538 g/mol. The average Bonchev–Trinajstić information content (AvgIpc) is 2.94. The second-order valence-electron chi connectivity index (χ2n) is 10.6. The topological polar surface area (TPSA) is 87.9 Å². The number of nitrogens with zero attached hydrogens (tertiary/aromatic N) is 1. The molecule has 0 radical (unpaired) electrons. The number of carbonyl (C=O) groups is 1.